The summed E-state index contributed by atoms with van der Waals surface area (Å²) in [5, 5.41) is 9.89. The summed E-state index contributed by atoms with van der Waals surface area (Å²) in [5.74, 6) is -0.809. The number of anilines is 1. The van der Waals surface area contributed by atoms with Gasteiger partial charge in [-0.05, 0) is 17.7 Å². The van der Waals surface area contributed by atoms with Crippen molar-refractivity contribution in [2.24, 2.45) is 11.3 Å². The number of aliphatic carboxylic acids is 1. The van der Waals surface area contributed by atoms with E-state index in [1.807, 2.05) is 43.3 Å². The molecule has 0 spiro atoms. The van der Waals surface area contributed by atoms with Crippen LogP contribution in [0.25, 0.3) is 0 Å². The van der Waals surface area contributed by atoms with Crippen LogP contribution in [0, 0.1) is 11.3 Å². The van der Waals surface area contributed by atoms with E-state index in [1.165, 1.54) is 0 Å². The zero-order valence-electron chi connectivity index (χ0n) is 16.4. The molecule has 0 unspecified atom stereocenters. The molecule has 7 heteroatoms. The number of carbonyl (C=O) groups is 2. The third kappa shape index (κ3) is 3.94. The predicted octanol–water partition coefficient (Wildman–Crippen LogP) is 0.787. The van der Waals surface area contributed by atoms with E-state index in [2.05, 4.69) is 4.90 Å². The van der Waals surface area contributed by atoms with Gasteiger partial charge < -0.3 is 19.6 Å². The van der Waals surface area contributed by atoms with Gasteiger partial charge in [-0.2, -0.15) is 0 Å². The molecule has 0 bridgehead atoms. The number of likely N-dealkylation sites (tertiary alicyclic amines) is 2. The van der Waals surface area contributed by atoms with Crippen molar-refractivity contribution < 1.29 is 19.4 Å². The zero-order valence-corrected chi connectivity index (χ0v) is 16.4. The van der Waals surface area contributed by atoms with Crippen LogP contribution in [0.4, 0.5) is 5.69 Å². The number of hydrogen-bond acceptors (Lipinski definition) is 5. The van der Waals surface area contributed by atoms with Gasteiger partial charge in [-0.1, -0.05) is 12.1 Å². The number of hydrogen-bond donors (Lipinski definition) is 1. The van der Waals surface area contributed by atoms with Crippen molar-refractivity contribution in [2.75, 3.05) is 65.4 Å². The predicted molar refractivity (Wildman–Crippen MR) is 103 cm³/mol. The Labute approximate surface area is 160 Å². The van der Waals surface area contributed by atoms with Gasteiger partial charge in [0.25, 0.3) is 0 Å². The molecule has 3 rings (SSSR count). The number of benzene rings is 1. The summed E-state index contributed by atoms with van der Waals surface area (Å²) in [6, 6.07) is 7.91. The van der Waals surface area contributed by atoms with Crippen LogP contribution in [-0.4, -0.2) is 87.3 Å². The molecule has 0 aliphatic carbocycles. The monoisotopic (exact) mass is 375 g/mol. The molecule has 2 aliphatic heterocycles. The van der Waals surface area contributed by atoms with Crippen LogP contribution in [0.1, 0.15) is 5.56 Å². The Morgan fingerprint density at radius 2 is 1.93 bits per heavy atom. The van der Waals surface area contributed by atoms with Gasteiger partial charge in [-0.3, -0.25) is 14.5 Å². The van der Waals surface area contributed by atoms with Crippen LogP contribution in [0.5, 0.6) is 0 Å². The van der Waals surface area contributed by atoms with E-state index in [1.54, 1.807) is 12.0 Å². The minimum atomic E-state index is -0.849. The zero-order chi connectivity index (χ0) is 19.6. The quantitative estimate of drug-likeness (QED) is 0.760. The minimum absolute atomic E-state index is 0.00562. The number of fused-ring (bicyclic) bond motifs is 1. The average molecular weight is 375 g/mol. The lowest BCUT2D eigenvalue weighted by Gasteiger charge is -2.25. The third-order valence-electron chi connectivity index (χ3n) is 5.88. The Morgan fingerprint density at radius 1 is 1.22 bits per heavy atom. The molecule has 1 aromatic rings. The van der Waals surface area contributed by atoms with Crippen molar-refractivity contribution in [1.82, 2.24) is 9.80 Å². The SMILES string of the molecule is COCCN1C[C@@H]2CN(C(=O)Cc3ccc(N(C)C)cc3)C[C@]2(C(=O)O)C1. The van der Waals surface area contributed by atoms with Gasteiger partial charge in [0, 0.05) is 65.5 Å². The molecule has 0 saturated carbocycles. The fourth-order valence-corrected chi connectivity index (χ4v) is 4.25. The highest BCUT2D eigenvalue weighted by Gasteiger charge is 2.58. The summed E-state index contributed by atoms with van der Waals surface area (Å²) < 4.78 is 5.11. The lowest BCUT2D eigenvalue weighted by Crippen LogP contribution is -2.42. The molecule has 2 atom stereocenters. The van der Waals surface area contributed by atoms with Gasteiger partial charge in [-0.25, -0.2) is 0 Å². The molecule has 7 nitrogen and oxygen atoms in total. The largest absolute Gasteiger partial charge is 0.481 e. The van der Waals surface area contributed by atoms with E-state index in [9.17, 15) is 14.7 Å². The number of rotatable bonds is 7. The molecule has 2 heterocycles. The first-order valence-electron chi connectivity index (χ1n) is 9.34. The number of carbonyl (C=O) groups excluding carboxylic acids is 1. The van der Waals surface area contributed by atoms with Crippen molar-refractivity contribution in [1.29, 1.82) is 0 Å². The topological polar surface area (TPSA) is 73.3 Å². The van der Waals surface area contributed by atoms with E-state index >= 15 is 0 Å². The van der Waals surface area contributed by atoms with Crippen LogP contribution in [0.3, 0.4) is 0 Å². The van der Waals surface area contributed by atoms with Gasteiger partial charge >= 0.3 is 5.97 Å². The molecule has 1 N–H and O–H groups in total. The number of nitrogens with zero attached hydrogens (tertiary/aromatic N) is 3. The fraction of sp³-hybridized carbons (Fsp3) is 0.600. The lowest BCUT2D eigenvalue weighted by molar-refractivity contribution is -0.149. The highest BCUT2D eigenvalue weighted by molar-refractivity contribution is 5.83. The molecule has 2 fully saturated rings. The molecule has 148 valence electrons. The van der Waals surface area contributed by atoms with E-state index in [0.29, 0.717) is 39.2 Å². The number of ether oxygens (including phenoxy) is 1. The Balaban J connectivity index is 1.64. The van der Waals surface area contributed by atoms with Gasteiger partial charge in [0.05, 0.1) is 13.0 Å². The summed E-state index contributed by atoms with van der Waals surface area (Å²) in [6.07, 6.45) is 0.309. The van der Waals surface area contributed by atoms with E-state index in [0.717, 1.165) is 17.8 Å². The first kappa shape index (κ1) is 19.6. The van der Waals surface area contributed by atoms with Crippen molar-refractivity contribution in [3.05, 3.63) is 29.8 Å². The summed E-state index contributed by atoms with van der Waals surface area (Å²) in [4.78, 5) is 30.7. The molecule has 2 aliphatic rings. The molecule has 1 amide bonds. The van der Waals surface area contributed by atoms with Crippen LogP contribution >= 0.6 is 0 Å². The van der Waals surface area contributed by atoms with Gasteiger partial charge in [-0.15, -0.1) is 0 Å². The van der Waals surface area contributed by atoms with E-state index < -0.39 is 11.4 Å². The molecule has 0 aromatic heterocycles. The maximum absolute atomic E-state index is 12.8. The van der Waals surface area contributed by atoms with Crippen molar-refractivity contribution in [3.63, 3.8) is 0 Å². The molecule has 27 heavy (non-hydrogen) atoms. The van der Waals surface area contributed by atoms with Gasteiger partial charge in [0.1, 0.15) is 5.41 Å². The number of amides is 1. The van der Waals surface area contributed by atoms with E-state index in [-0.39, 0.29) is 11.8 Å². The third-order valence-corrected chi connectivity index (χ3v) is 5.88. The van der Waals surface area contributed by atoms with Crippen molar-refractivity contribution in [2.45, 2.75) is 6.42 Å². The molecule has 0 radical (unpaired) electrons. The Kier molecular flexibility index (Phi) is 5.72. The highest BCUT2D eigenvalue weighted by atomic mass is 16.5. The van der Waals surface area contributed by atoms with Crippen LogP contribution in [0.2, 0.25) is 0 Å². The summed E-state index contributed by atoms with van der Waals surface area (Å²) >= 11 is 0. The smallest absolute Gasteiger partial charge is 0.313 e. The minimum Gasteiger partial charge on any atom is -0.481 e. The molecule has 1 aromatic carbocycles. The number of methoxy groups -OCH3 is 1. The normalized spacial score (nSPS) is 24.9. The number of carboxylic acids is 1. The Morgan fingerprint density at radius 3 is 2.48 bits per heavy atom. The maximum Gasteiger partial charge on any atom is 0.313 e. The molecule has 2 saturated heterocycles. The summed E-state index contributed by atoms with van der Waals surface area (Å²) in [5.41, 5.74) is 1.19. The second-order valence-electron chi connectivity index (χ2n) is 7.90. The first-order valence-corrected chi connectivity index (χ1v) is 9.34. The van der Waals surface area contributed by atoms with Gasteiger partial charge in [0.15, 0.2) is 0 Å². The standard InChI is InChI=1S/C20H29N3O4/c1-21(2)17-6-4-15(5-7-17)10-18(24)23-12-16-11-22(8-9-27-3)13-20(16,14-23)19(25)26/h4-7,16H,8-14H2,1-3H3,(H,25,26)/t16-,20-/m1/s1. The highest BCUT2D eigenvalue weighted by Crippen LogP contribution is 2.42. The van der Waals surface area contributed by atoms with Crippen LogP contribution < -0.4 is 4.90 Å². The maximum atomic E-state index is 12.8. The van der Waals surface area contributed by atoms with Crippen molar-refractivity contribution >= 4 is 17.6 Å². The number of carboxylic acid groups (broad SMARTS) is 1. The Hall–Kier alpha value is -2.12. The Bertz CT molecular complexity index is 691. The van der Waals surface area contributed by atoms with E-state index in [4.69, 9.17) is 4.74 Å². The average Bonchev–Trinajstić information content (AvgIpc) is 3.15. The van der Waals surface area contributed by atoms with Crippen molar-refractivity contribution in [3.8, 4) is 0 Å². The second kappa shape index (κ2) is 7.86. The first-order chi connectivity index (χ1) is 12.9. The summed E-state index contributed by atoms with van der Waals surface area (Å²) in [6.45, 7) is 3.33. The second-order valence-corrected chi connectivity index (χ2v) is 7.90. The summed E-state index contributed by atoms with van der Waals surface area (Å²) in [7, 11) is 5.60. The fourth-order valence-electron chi connectivity index (χ4n) is 4.25. The molecular formula is C20H29N3O4. The molecular weight excluding hydrogens is 346 g/mol. The van der Waals surface area contributed by atoms with Crippen LogP contribution in [0.15, 0.2) is 24.3 Å². The van der Waals surface area contributed by atoms with Crippen LogP contribution in [-0.2, 0) is 20.7 Å². The van der Waals surface area contributed by atoms with Gasteiger partial charge in [0.2, 0.25) is 5.91 Å². The lowest BCUT2D eigenvalue weighted by atomic mass is 9.81.